The number of carboxylic acid groups (broad SMARTS) is 1. The second-order valence-electron chi connectivity index (χ2n) is 12.3. The number of aliphatic hydroxyl groups is 3. The van der Waals surface area contributed by atoms with Gasteiger partial charge in [0.2, 0.25) is 35.4 Å². The van der Waals surface area contributed by atoms with Crippen LogP contribution < -0.4 is 38.1 Å². The molecule has 1 aliphatic rings. The number of carbonyl (C=O) groups is 7. The molecule has 0 aromatic heterocycles. The number of hydrogen-bond donors (Lipinski definition) is 11. The summed E-state index contributed by atoms with van der Waals surface area (Å²) >= 11 is 0. The lowest BCUT2D eigenvalue weighted by Crippen LogP contribution is -2.58. The minimum Gasteiger partial charge on any atom is -0.480 e. The van der Waals surface area contributed by atoms with Gasteiger partial charge in [-0.15, -0.1) is 0 Å². The van der Waals surface area contributed by atoms with Crippen molar-refractivity contribution in [1.82, 2.24) is 26.6 Å². The van der Waals surface area contributed by atoms with E-state index in [1.54, 1.807) is 0 Å². The topological polar surface area (TPSA) is 331 Å². The Morgan fingerprint density at radius 2 is 1.34 bits per heavy atom. The highest BCUT2D eigenvalue weighted by Crippen LogP contribution is 2.28. The lowest BCUT2D eigenvalue weighted by molar-refractivity contribution is -0.278. The molecular weight excluding hydrogens is 666 g/mol. The fourth-order valence-electron chi connectivity index (χ4n) is 4.78. The molecule has 3 unspecified atom stereocenters. The summed E-state index contributed by atoms with van der Waals surface area (Å²) in [5.41, 5.74) is 11.0. The van der Waals surface area contributed by atoms with E-state index in [0.717, 1.165) is 0 Å². The molecule has 1 saturated heterocycles. The SMILES string of the molecule is C[C@H](NC(=O)[C@@H](C)O[C@H]1C(O)C(CO)OC(O)[C@H]1C)C(=O)N[C@H](CCC(=O)N[C@@H](CCCCN)C(=O)N[C@H](C)C(=O)N[C@H](C)C(=O)O)C(N)=O. The van der Waals surface area contributed by atoms with Gasteiger partial charge in [0, 0.05) is 12.3 Å². The van der Waals surface area contributed by atoms with E-state index in [2.05, 4.69) is 26.6 Å². The number of unbranched alkanes of at least 4 members (excludes halogenated alkanes) is 1. The Morgan fingerprint density at radius 1 is 0.780 bits per heavy atom. The van der Waals surface area contributed by atoms with Crippen molar-refractivity contribution >= 4 is 41.4 Å². The van der Waals surface area contributed by atoms with Crippen molar-refractivity contribution < 1.29 is 63.5 Å². The molecule has 0 radical (unpaired) electrons. The fourth-order valence-corrected chi connectivity index (χ4v) is 4.78. The Kier molecular flexibility index (Phi) is 18.8. The van der Waals surface area contributed by atoms with Crippen LogP contribution in [-0.2, 0) is 43.0 Å². The lowest BCUT2D eigenvalue weighted by atomic mass is 9.92. The lowest BCUT2D eigenvalue weighted by Gasteiger charge is -2.41. The zero-order valence-corrected chi connectivity index (χ0v) is 28.9. The average Bonchev–Trinajstić information content (AvgIpc) is 3.05. The Hall–Kier alpha value is -3.95. The van der Waals surface area contributed by atoms with Crippen molar-refractivity contribution in [2.45, 2.75) is 128 Å². The maximum absolute atomic E-state index is 12.9. The van der Waals surface area contributed by atoms with Crippen molar-refractivity contribution in [3.8, 4) is 0 Å². The summed E-state index contributed by atoms with van der Waals surface area (Å²) in [4.78, 5) is 86.8. The van der Waals surface area contributed by atoms with Crippen molar-refractivity contribution in [3.63, 3.8) is 0 Å². The number of nitrogens with one attached hydrogen (secondary N) is 5. The highest BCUT2D eigenvalue weighted by molar-refractivity contribution is 5.94. The molecule has 0 saturated carbocycles. The van der Waals surface area contributed by atoms with Gasteiger partial charge in [-0.3, -0.25) is 33.6 Å². The molecule has 20 heteroatoms. The number of aliphatic hydroxyl groups excluding tert-OH is 3. The minimum absolute atomic E-state index is 0.152. The third kappa shape index (κ3) is 14.1. The first-order valence-electron chi connectivity index (χ1n) is 16.3. The maximum Gasteiger partial charge on any atom is 0.325 e. The number of carbonyl (C=O) groups excluding carboxylic acids is 6. The summed E-state index contributed by atoms with van der Waals surface area (Å²) in [6.07, 6.45) is -5.70. The molecule has 6 amide bonds. The maximum atomic E-state index is 12.9. The molecule has 50 heavy (non-hydrogen) atoms. The Morgan fingerprint density at radius 3 is 1.88 bits per heavy atom. The summed E-state index contributed by atoms with van der Waals surface area (Å²) in [7, 11) is 0. The van der Waals surface area contributed by atoms with Gasteiger partial charge in [0.1, 0.15) is 48.5 Å². The number of nitrogens with two attached hydrogens (primary N) is 2. The van der Waals surface area contributed by atoms with Crippen LogP contribution in [0.25, 0.3) is 0 Å². The molecule has 13 N–H and O–H groups in total. The van der Waals surface area contributed by atoms with Crippen LogP contribution in [0.15, 0.2) is 0 Å². The van der Waals surface area contributed by atoms with E-state index in [0.29, 0.717) is 19.4 Å². The third-order valence-electron chi connectivity index (χ3n) is 8.06. The molecule has 0 bridgehead atoms. The van der Waals surface area contributed by atoms with Crippen molar-refractivity contribution in [1.29, 1.82) is 0 Å². The molecule has 0 aliphatic carbocycles. The van der Waals surface area contributed by atoms with E-state index in [9.17, 15) is 48.9 Å². The highest BCUT2D eigenvalue weighted by atomic mass is 16.6. The van der Waals surface area contributed by atoms with Gasteiger partial charge in [0.05, 0.1) is 12.7 Å². The molecule has 1 heterocycles. The van der Waals surface area contributed by atoms with Gasteiger partial charge in [-0.1, -0.05) is 6.92 Å². The molecule has 1 fully saturated rings. The predicted molar refractivity (Wildman–Crippen MR) is 173 cm³/mol. The molecule has 0 spiro atoms. The number of aliphatic carboxylic acids is 1. The van der Waals surface area contributed by atoms with Crippen LogP contribution in [0.1, 0.15) is 66.7 Å². The summed E-state index contributed by atoms with van der Waals surface area (Å²) in [6.45, 7) is 6.49. The van der Waals surface area contributed by atoms with Crippen LogP contribution in [0.4, 0.5) is 0 Å². The van der Waals surface area contributed by atoms with E-state index in [1.807, 2.05) is 0 Å². The van der Waals surface area contributed by atoms with E-state index in [1.165, 1.54) is 34.6 Å². The monoisotopic (exact) mass is 719 g/mol. The fraction of sp³-hybridized carbons (Fsp3) is 0.767. The zero-order chi connectivity index (χ0) is 38.3. The van der Waals surface area contributed by atoms with Crippen LogP contribution >= 0.6 is 0 Å². The van der Waals surface area contributed by atoms with E-state index in [-0.39, 0.29) is 19.3 Å². The first-order chi connectivity index (χ1) is 23.3. The Labute approximate surface area is 289 Å². The van der Waals surface area contributed by atoms with E-state index >= 15 is 0 Å². The van der Waals surface area contributed by atoms with Gasteiger partial charge >= 0.3 is 5.97 Å². The average molecular weight is 720 g/mol. The normalized spacial score (nSPS) is 23.9. The molecule has 0 aromatic rings. The van der Waals surface area contributed by atoms with Crippen LogP contribution in [0.2, 0.25) is 0 Å². The Balaban J connectivity index is 2.77. The van der Waals surface area contributed by atoms with E-state index in [4.69, 9.17) is 26.0 Å². The summed E-state index contributed by atoms with van der Waals surface area (Å²) in [6, 6.07) is -6.00. The van der Waals surface area contributed by atoms with Crippen LogP contribution in [-0.4, -0.2) is 136 Å². The second kappa shape index (κ2) is 21.3. The molecule has 11 atom stereocenters. The van der Waals surface area contributed by atoms with E-state index < -0.39 is 115 Å². The zero-order valence-electron chi connectivity index (χ0n) is 28.9. The number of primary amides is 1. The number of amides is 6. The third-order valence-corrected chi connectivity index (χ3v) is 8.06. The first kappa shape index (κ1) is 44.1. The number of ether oxygens (including phenoxy) is 2. The van der Waals surface area contributed by atoms with Gasteiger partial charge in [-0.05, 0) is 59.9 Å². The summed E-state index contributed by atoms with van der Waals surface area (Å²) < 4.78 is 10.8. The van der Waals surface area contributed by atoms with Gasteiger partial charge < -0.3 is 68.0 Å². The smallest absolute Gasteiger partial charge is 0.325 e. The van der Waals surface area contributed by atoms with Crippen molar-refractivity contribution in [2.24, 2.45) is 17.4 Å². The number of carboxylic acids is 1. The van der Waals surface area contributed by atoms with Gasteiger partial charge in [0.25, 0.3) is 0 Å². The molecule has 1 aliphatic heterocycles. The quantitative estimate of drug-likeness (QED) is 0.0498. The molecule has 0 aromatic carbocycles. The van der Waals surface area contributed by atoms with Gasteiger partial charge in [-0.25, -0.2) is 0 Å². The summed E-state index contributed by atoms with van der Waals surface area (Å²) in [5.74, 6) is -6.76. The van der Waals surface area contributed by atoms with Crippen molar-refractivity contribution in [2.75, 3.05) is 13.2 Å². The minimum atomic E-state index is -1.37. The van der Waals surface area contributed by atoms with Crippen LogP contribution in [0, 0.1) is 5.92 Å². The standard InChI is InChI=1S/C30H53N7O13/c1-13-23(22(40)20(12-38)50-30(13)48)49-17(5)27(44)33-15(3)26(43)37-18(24(32)41)9-10-21(39)36-19(8-6-7-11-31)28(45)34-14(2)25(42)35-16(4)29(46)47/h13-20,22-23,30,38,40,48H,6-12,31H2,1-5H3,(H2,32,41)(H,33,44)(H,34,45)(H,35,42)(H,36,39)(H,37,43)(H,46,47)/t13-,14+,15-,16+,17+,18+,19-,20?,22?,23+,30?/m0/s1. The molecule has 20 nitrogen and oxygen atoms in total. The summed E-state index contributed by atoms with van der Waals surface area (Å²) in [5, 5.41) is 50.8. The first-order valence-corrected chi connectivity index (χ1v) is 16.3. The predicted octanol–water partition coefficient (Wildman–Crippen LogP) is -4.57. The van der Waals surface area contributed by atoms with Crippen LogP contribution in [0.5, 0.6) is 0 Å². The molecule has 1 rings (SSSR count). The second-order valence-corrected chi connectivity index (χ2v) is 12.3. The van der Waals surface area contributed by atoms with Gasteiger partial charge in [-0.2, -0.15) is 0 Å². The van der Waals surface area contributed by atoms with Crippen molar-refractivity contribution in [3.05, 3.63) is 0 Å². The largest absolute Gasteiger partial charge is 0.480 e. The molecule has 286 valence electrons. The number of hydrogen-bond acceptors (Lipinski definition) is 13. The van der Waals surface area contributed by atoms with Crippen LogP contribution in [0.3, 0.4) is 0 Å². The highest BCUT2D eigenvalue weighted by Gasteiger charge is 2.44. The van der Waals surface area contributed by atoms with Gasteiger partial charge in [0.15, 0.2) is 6.29 Å². The molecular formula is C30H53N7O13. The number of rotatable bonds is 21. The Bertz CT molecular complexity index is 1190.